The van der Waals surface area contributed by atoms with E-state index < -0.39 is 6.10 Å². The number of hydrogen-bond acceptors (Lipinski definition) is 8. The second kappa shape index (κ2) is 11.9. The average molecular weight is 561 g/mol. The normalized spacial score (nSPS) is 15.5. The van der Waals surface area contributed by atoms with Gasteiger partial charge in [0.2, 0.25) is 0 Å². The number of fused-ring (bicyclic) bond motifs is 1. The summed E-state index contributed by atoms with van der Waals surface area (Å²) in [7, 11) is 0. The molecule has 3 aromatic carbocycles. The Morgan fingerprint density at radius 3 is 2.54 bits per heavy atom. The third-order valence-electron chi connectivity index (χ3n) is 6.84. The van der Waals surface area contributed by atoms with Crippen LogP contribution in [0.25, 0.3) is 32.0 Å². The van der Waals surface area contributed by atoms with Crippen LogP contribution in [0.2, 0.25) is 5.02 Å². The maximum absolute atomic E-state index is 10.6. The minimum atomic E-state index is -0.574. The molecule has 9 heteroatoms. The molecule has 5 aromatic rings. The highest BCUT2D eigenvalue weighted by Crippen LogP contribution is 2.32. The van der Waals surface area contributed by atoms with Gasteiger partial charge in [-0.2, -0.15) is 0 Å². The van der Waals surface area contributed by atoms with Crippen LogP contribution in [0, 0.1) is 0 Å². The van der Waals surface area contributed by atoms with Gasteiger partial charge in [0.25, 0.3) is 0 Å². The number of piperazine rings is 1. The lowest BCUT2D eigenvalue weighted by atomic mass is 10.1. The average Bonchev–Trinajstić information content (AvgIpc) is 3.61. The van der Waals surface area contributed by atoms with E-state index in [0.29, 0.717) is 18.1 Å². The number of aliphatic hydroxyl groups excluding tert-OH is 1. The molecule has 0 aliphatic carbocycles. The van der Waals surface area contributed by atoms with Gasteiger partial charge >= 0.3 is 0 Å². The van der Waals surface area contributed by atoms with Gasteiger partial charge in [0.1, 0.15) is 29.2 Å². The fourth-order valence-corrected chi connectivity index (χ4v) is 5.96. The lowest BCUT2D eigenvalue weighted by molar-refractivity contribution is 0.0430. The first-order valence-electron chi connectivity index (χ1n) is 13.0. The maximum atomic E-state index is 10.6. The van der Waals surface area contributed by atoms with Gasteiger partial charge in [0, 0.05) is 56.0 Å². The Balaban J connectivity index is 0.962. The zero-order valence-corrected chi connectivity index (χ0v) is 22.9. The number of β-amino-alcohol motifs (C(OH)–C–C–N with tert-alkyl or cyclic N) is 1. The highest BCUT2D eigenvalue weighted by molar-refractivity contribution is 7.21. The molecule has 0 amide bonds. The number of rotatable bonds is 9. The van der Waals surface area contributed by atoms with Crippen molar-refractivity contribution < 1.29 is 14.4 Å². The van der Waals surface area contributed by atoms with Gasteiger partial charge < -0.3 is 14.4 Å². The van der Waals surface area contributed by atoms with Crippen LogP contribution >= 0.6 is 22.9 Å². The van der Waals surface area contributed by atoms with Gasteiger partial charge in [-0.05, 0) is 18.2 Å². The Hall–Kier alpha value is -3.27. The van der Waals surface area contributed by atoms with E-state index in [9.17, 15) is 5.11 Å². The van der Waals surface area contributed by atoms with Gasteiger partial charge in [-0.15, -0.1) is 11.3 Å². The number of thiazole rings is 1. The van der Waals surface area contributed by atoms with Crippen molar-refractivity contribution in [3.63, 3.8) is 0 Å². The molecule has 0 saturated carbocycles. The number of hydrogen-bond donors (Lipinski definition) is 1. The molecule has 2 aromatic heterocycles. The molecular weight excluding hydrogens is 532 g/mol. The summed E-state index contributed by atoms with van der Waals surface area (Å²) in [5.74, 6) is 1.54. The topological polar surface area (TPSA) is 74.9 Å². The smallest absolute Gasteiger partial charge is 0.151 e. The first-order valence-corrected chi connectivity index (χ1v) is 14.2. The fourth-order valence-electron chi connectivity index (χ4n) is 4.78. The predicted octanol–water partition coefficient (Wildman–Crippen LogP) is 5.83. The Bertz CT molecular complexity index is 1530. The standard InChI is InChI=1S/C30H29ClN4O3S/c31-26-9-5-4-8-25(26)27-17-24(38-33-27)19-35-14-12-34(13-15-35)18-22(36)20-37-23-10-11-29-28(16-23)32-30(39-29)21-6-2-1-3-7-21/h1-11,16-17,22,36H,12-15,18-20H2/t22-/m0/s1. The maximum Gasteiger partial charge on any atom is 0.151 e. The minimum absolute atomic E-state index is 0.240. The van der Waals surface area contributed by atoms with Crippen LogP contribution in [-0.2, 0) is 6.54 Å². The van der Waals surface area contributed by atoms with Crippen molar-refractivity contribution in [3.05, 3.63) is 89.6 Å². The third-order valence-corrected chi connectivity index (χ3v) is 8.26. The van der Waals surface area contributed by atoms with E-state index in [-0.39, 0.29) is 6.61 Å². The van der Waals surface area contributed by atoms with Crippen LogP contribution in [0.1, 0.15) is 5.76 Å². The lowest BCUT2D eigenvalue weighted by Gasteiger charge is -2.35. The molecule has 0 spiro atoms. The number of ether oxygens (including phenoxy) is 1. The van der Waals surface area contributed by atoms with Crippen LogP contribution in [0.3, 0.4) is 0 Å². The minimum Gasteiger partial charge on any atom is -0.491 e. The number of halogens is 1. The molecule has 39 heavy (non-hydrogen) atoms. The molecule has 0 unspecified atom stereocenters. The lowest BCUT2D eigenvalue weighted by Crippen LogP contribution is -2.48. The fraction of sp³-hybridized carbons (Fsp3) is 0.267. The summed E-state index contributed by atoms with van der Waals surface area (Å²) in [5, 5.41) is 16.5. The second-order valence-corrected chi connectivity index (χ2v) is 11.2. The van der Waals surface area contributed by atoms with Crippen molar-refractivity contribution in [3.8, 4) is 27.6 Å². The summed E-state index contributed by atoms with van der Waals surface area (Å²) in [5.41, 5.74) is 3.65. The van der Waals surface area contributed by atoms with Crippen LogP contribution in [0.5, 0.6) is 5.75 Å². The number of nitrogens with zero attached hydrogens (tertiary/aromatic N) is 4. The predicted molar refractivity (Wildman–Crippen MR) is 155 cm³/mol. The molecule has 1 aliphatic heterocycles. The highest BCUT2D eigenvalue weighted by Gasteiger charge is 2.21. The monoisotopic (exact) mass is 560 g/mol. The van der Waals surface area contributed by atoms with Gasteiger partial charge in [0.05, 0.1) is 21.8 Å². The van der Waals surface area contributed by atoms with E-state index in [0.717, 1.165) is 69.7 Å². The summed E-state index contributed by atoms with van der Waals surface area (Å²) < 4.78 is 12.6. The quantitative estimate of drug-likeness (QED) is 0.243. The number of aromatic nitrogens is 2. The molecule has 1 aliphatic rings. The molecule has 1 saturated heterocycles. The Morgan fingerprint density at radius 1 is 0.949 bits per heavy atom. The highest BCUT2D eigenvalue weighted by atomic mass is 35.5. The SMILES string of the molecule is O[C@H](COc1ccc2sc(-c3ccccc3)nc2c1)CN1CCN(Cc2cc(-c3ccccc3Cl)no2)CC1. The summed E-state index contributed by atoms with van der Waals surface area (Å²) >= 11 is 7.96. The van der Waals surface area contributed by atoms with E-state index in [4.69, 9.17) is 25.8 Å². The molecule has 1 N–H and O–H groups in total. The molecule has 7 nitrogen and oxygen atoms in total. The Morgan fingerprint density at radius 2 is 1.72 bits per heavy atom. The van der Waals surface area contributed by atoms with Crippen molar-refractivity contribution in [2.45, 2.75) is 12.6 Å². The van der Waals surface area contributed by atoms with E-state index >= 15 is 0 Å². The summed E-state index contributed by atoms with van der Waals surface area (Å²) in [6, 6.07) is 25.7. The number of benzene rings is 3. The van der Waals surface area contributed by atoms with E-state index in [1.54, 1.807) is 11.3 Å². The molecule has 1 fully saturated rings. The second-order valence-electron chi connectivity index (χ2n) is 9.71. The summed E-state index contributed by atoms with van der Waals surface area (Å²) in [6.45, 7) is 5.03. The zero-order chi connectivity index (χ0) is 26.6. The van der Waals surface area contributed by atoms with Crippen molar-refractivity contribution in [1.82, 2.24) is 19.9 Å². The van der Waals surface area contributed by atoms with Crippen molar-refractivity contribution in [1.29, 1.82) is 0 Å². The van der Waals surface area contributed by atoms with E-state index in [2.05, 4.69) is 27.1 Å². The number of aliphatic hydroxyl groups is 1. The molecule has 200 valence electrons. The van der Waals surface area contributed by atoms with Crippen LogP contribution in [0.15, 0.2) is 83.4 Å². The van der Waals surface area contributed by atoms with Gasteiger partial charge in [-0.3, -0.25) is 9.80 Å². The van der Waals surface area contributed by atoms with E-state index in [1.807, 2.05) is 66.7 Å². The van der Waals surface area contributed by atoms with Crippen LogP contribution < -0.4 is 4.74 Å². The Kier molecular flexibility index (Phi) is 7.90. The van der Waals surface area contributed by atoms with Crippen molar-refractivity contribution in [2.75, 3.05) is 39.3 Å². The zero-order valence-electron chi connectivity index (χ0n) is 21.4. The molecule has 0 bridgehead atoms. The molecule has 1 atom stereocenters. The van der Waals surface area contributed by atoms with Crippen molar-refractivity contribution >= 4 is 33.2 Å². The third kappa shape index (κ3) is 6.32. The van der Waals surface area contributed by atoms with Gasteiger partial charge in [0.15, 0.2) is 5.76 Å². The molecule has 3 heterocycles. The van der Waals surface area contributed by atoms with Gasteiger partial charge in [-0.1, -0.05) is 65.3 Å². The first kappa shape index (κ1) is 26.0. The Labute approximate surface area is 236 Å². The summed E-state index contributed by atoms with van der Waals surface area (Å²) in [4.78, 5) is 9.38. The largest absolute Gasteiger partial charge is 0.491 e. The van der Waals surface area contributed by atoms with Crippen LogP contribution in [0.4, 0.5) is 0 Å². The van der Waals surface area contributed by atoms with Gasteiger partial charge in [-0.25, -0.2) is 4.98 Å². The first-order chi connectivity index (χ1) is 19.1. The van der Waals surface area contributed by atoms with Crippen LogP contribution in [-0.4, -0.2) is 70.5 Å². The molecular formula is C30H29ClN4O3S. The summed E-state index contributed by atoms with van der Waals surface area (Å²) in [6.07, 6.45) is -0.574. The molecule has 0 radical (unpaired) electrons. The molecule has 6 rings (SSSR count). The van der Waals surface area contributed by atoms with E-state index in [1.165, 1.54) is 0 Å². The van der Waals surface area contributed by atoms with Crippen molar-refractivity contribution in [2.24, 2.45) is 0 Å².